The number of rotatable bonds is 1. The number of nitrogens with zero attached hydrogens (tertiary/aromatic N) is 2. The number of hydrogen-bond acceptors (Lipinski definition) is 2. The molecule has 0 amide bonds. The Morgan fingerprint density at radius 2 is 2.06 bits per heavy atom. The van der Waals surface area contributed by atoms with Crippen LogP contribution in [0.5, 0.6) is 0 Å². The SMILES string of the molecule is Cc1cnn(-c2cccc(Br)c2)c(=O)c1Br. The fourth-order valence-electron chi connectivity index (χ4n) is 1.31. The molecule has 2 aromatic rings. The molecule has 0 unspecified atom stereocenters. The van der Waals surface area contributed by atoms with Crippen LogP contribution in [0.4, 0.5) is 0 Å². The van der Waals surface area contributed by atoms with Gasteiger partial charge in [0.15, 0.2) is 0 Å². The molecule has 5 heteroatoms. The molecule has 82 valence electrons. The van der Waals surface area contributed by atoms with Crippen molar-refractivity contribution >= 4 is 31.9 Å². The van der Waals surface area contributed by atoms with Gasteiger partial charge in [0.05, 0.1) is 16.4 Å². The standard InChI is InChI=1S/C11H8Br2N2O/c1-7-6-14-15(11(16)10(7)13)9-4-2-3-8(12)5-9/h2-6H,1H3. The maximum atomic E-state index is 11.9. The van der Waals surface area contributed by atoms with Gasteiger partial charge >= 0.3 is 0 Å². The van der Waals surface area contributed by atoms with E-state index in [-0.39, 0.29) is 5.56 Å². The Kier molecular flexibility index (Phi) is 3.25. The van der Waals surface area contributed by atoms with Crippen LogP contribution in [0.2, 0.25) is 0 Å². The average Bonchev–Trinajstić information content (AvgIpc) is 2.26. The lowest BCUT2D eigenvalue weighted by atomic mass is 10.3. The number of halogens is 2. The van der Waals surface area contributed by atoms with Crippen molar-refractivity contribution in [3.05, 3.63) is 55.3 Å². The maximum absolute atomic E-state index is 11.9. The van der Waals surface area contributed by atoms with Crippen LogP contribution in [-0.2, 0) is 0 Å². The molecule has 2 rings (SSSR count). The second-order valence-electron chi connectivity index (χ2n) is 3.34. The van der Waals surface area contributed by atoms with E-state index >= 15 is 0 Å². The summed E-state index contributed by atoms with van der Waals surface area (Å²) in [6, 6.07) is 7.44. The van der Waals surface area contributed by atoms with Gasteiger partial charge in [-0.05, 0) is 46.6 Å². The molecule has 16 heavy (non-hydrogen) atoms. The summed E-state index contributed by atoms with van der Waals surface area (Å²) in [6.45, 7) is 1.84. The summed E-state index contributed by atoms with van der Waals surface area (Å²) in [7, 11) is 0. The Labute approximate surface area is 109 Å². The van der Waals surface area contributed by atoms with Gasteiger partial charge in [-0.15, -0.1) is 0 Å². The first-order chi connectivity index (χ1) is 7.59. The molecular weight excluding hydrogens is 336 g/mol. The Balaban J connectivity index is 2.66. The van der Waals surface area contributed by atoms with Gasteiger partial charge in [0.1, 0.15) is 0 Å². The molecule has 1 aromatic carbocycles. The largest absolute Gasteiger partial charge is 0.286 e. The molecule has 0 aliphatic heterocycles. The lowest BCUT2D eigenvalue weighted by Crippen LogP contribution is -2.22. The fraction of sp³-hybridized carbons (Fsp3) is 0.0909. The maximum Gasteiger partial charge on any atom is 0.286 e. The van der Waals surface area contributed by atoms with Crippen LogP contribution in [0, 0.1) is 6.92 Å². The van der Waals surface area contributed by atoms with Crippen LogP contribution in [0.15, 0.2) is 44.2 Å². The monoisotopic (exact) mass is 342 g/mol. The highest BCUT2D eigenvalue weighted by Crippen LogP contribution is 2.15. The van der Waals surface area contributed by atoms with Gasteiger partial charge in [0.2, 0.25) is 0 Å². The number of aryl methyl sites for hydroxylation is 1. The molecular formula is C11H8Br2N2O. The third-order valence-corrected chi connectivity index (χ3v) is 3.60. The van der Waals surface area contributed by atoms with Crippen molar-refractivity contribution in [3.8, 4) is 5.69 Å². The summed E-state index contributed by atoms with van der Waals surface area (Å²) in [5, 5.41) is 4.10. The van der Waals surface area contributed by atoms with Gasteiger partial charge in [0.25, 0.3) is 5.56 Å². The molecule has 0 radical (unpaired) electrons. The van der Waals surface area contributed by atoms with Crippen molar-refractivity contribution in [2.45, 2.75) is 6.92 Å². The van der Waals surface area contributed by atoms with Gasteiger partial charge in [-0.3, -0.25) is 4.79 Å². The molecule has 0 aliphatic carbocycles. The normalized spacial score (nSPS) is 10.4. The van der Waals surface area contributed by atoms with Crippen molar-refractivity contribution in [2.24, 2.45) is 0 Å². The summed E-state index contributed by atoms with van der Waals surface area (Å²) in [6.07, 6.45) is 1.66. The molecule has 1 aromatic heterocycles. The van der Waals surface area contributed by atoms with Crippen LogP contribution in [-0.4, -0.2) is 9.78 Å². The Morgan fingerprint density at radius 1 is 1.31 bits per heavy atom. The number of aromatic nitrogens is 2. The minimum Gasteiger partial charge on any atom is -0.266 e. The van der Waals surface area contributed by atoms with E-state index in [1.54, 1.807) is 6.20 Å². The molecule has 0 N–H and O–H groups in total. The van der Waals surface area contributed by atoms with Crippen molar-refractivity contribution in [1.29, 1.82) is 0 Å². The van der Waals surface area contributed by atoms with E-state index < -0.39 is 0 Å². The van der Waals surface area contributed by atoms with Gasteiger partial charge in [-0.2, -0.15) is 9.78 Å². The first kappa shape index (κ1) is 11.5. The third-order valence-electron chi connectivity index (χ3n) is 2.15. The minimum absolute atomic E-state index is 0.155. The van der Waals surface area contributed by atoms with E-state index in [2.05, 4.69) is 37.0 Å². The van der Waals surface area contributed by atoms with E-state index in [1.807, 2.05) is 31.2 Å². The molecule has 3 nitrogen and oxygen atoms in total. The van der Waals surface area contributed by atoms with Gasteiger partial charge in [0, 0.05) is 4.47 Å². The van der Waals surface area contributed by atoms with E-state index in [9.17, 15) is 4.79 Å². The van der Waals surface area contributed by atoms with Gasteiger partial charge < -0.3 is 0 Å². The second-order valence-corrected chi connectivity index (χ2v) is 5.05. The lowest BCUT2D eigenvalue weighted by molar-refractivity contribution is 0.793. The highest BCUT2D eigenvalue weighted by atomic mass is 79.9. The number of hydrogen-bond donors (Lipinski definition) is 0. The zero-order valence-corrected chi connectivity index (χ0v) is 11.6. The molecule has 0 spiro atoms. The predicted octanol–water partition coefficient (Wildman–Crippen LogP) is 3.07. The van der Waals surface area contributed by atoms with Crippen LogP contribution in [0.25, 0.3) is 5.69 Å². The quantitative estimate of drug-likeness (QED) is 0.797. The third kappa shape index (κ3) is 2.10. The summed E-state index contributed by atoms with van der Waals surface area (Å²) in [4.78, 5) is 11.9. The van der Waals surface area contributed by atoms with Crippen molar-refractivity contribution in [3.63, 3.8) is 0 Å². The lowest BCUT2D eigenvalue weighted by Gasteiger charge is -2.06. The first-order valence-electron chi connectivity index (χ1n) is 4.60. The van der Waals surface area contributed by atoms with Crippen LogP contribution < -0.4 is 5.56 Å². The molecule has 0 atom stereocenters. The molecule has 0 saturated heterocycles. The molecule has 0 bridgehead atoms. The fourth-order valence-corrected chi connectivity index (χ4v) is 1.96. The van der Waals surface area contributed by atoms with Crippen LogP contribution in [0.3, 0.4) is 0 Å². The van der Waals surface area contributed by atoms with E-state index in [0.717, 1.165) is 15.7 Å². The van der Waals surface area contributed by atoms with Crippen molar-refractivity contribution < 1.29 is 0 Å². The summed E-state index contributed by atoms with van der Waals surface area (Å²) in [5.74, 6) is 0. The smallest absolute Gasteiger partial charge is 0.266 e. The zero-order valence-electron chi connectivity index (χ0n) is 8.45. The Morgan fingerprint density at radius 3 is 2.75 bits per heavy atom. The van der Waals surface area contributed by atoms with Crippen molar-refractivity contribution in [2.75, 3.05) is 0 Å². The predicted molar refractivity (Wildman–Crippen MR) is 70.0 cm³/mol. The van der Waals surface area contributed by atoms with Gasteiger partial charge in [-0.25, -0.2) is 0 Å². The second kappa shape index (κ2) is 4.51. The molecule has 0 saturated carbocycles. The van der Waals surface area contributed by atoms with Crippen LogP contribution >= 0.6 is 31.9 Å². The highest BCUT2D eigenvalue weighted by molar-refractivity contribution is 9.10. The van der Waals surface area contributed by atoms with Gasteiger partial charge in [-0.1, -0.05) is 22.0 Å². The molecule has 1 heterocycles. The summed E-state index contributed by atoms with van der Waals surface area (Å²) < 4.78 is 2.82. The van der Waals surface area contributed by atoms with E-state index in [4.69, 9.17) is 0 Å². The number of benzene rings is 1. The van der Waals surface area contributed by atoms with E-state index in [1.165, 1.54) is 4.68 Å². The highest BCUT2D eigenvalue weighted by Gasteiger charge is 2.07. The summed E-state index contributed by atoms with van der Waals surface area (Å²) in [5.41, 5.74) is 1.41. The minimum atomic E-state index is -0.155. The molecule has 0 aliphatic rings. The molecule has 0 fully saturated rings. The van der Waals surface area contributed by atoms with Crippen LogP contribution in [0.1, 0.15) is 5.56 Å². The topological polar surface area (TPSA) is 34.9 Å². The average molecular weight is 344 g/mol. The zero-order chi connectivity index (χ0) is 11.7. The first-order valence-corrected chi connectivity index (χ1v) is 6.18. The van der Waals surface area contributed by atoms with Crippen molar-refractivity contribution in [1.82, 2.24) is 9.78 Å². The Hall–Kier alpha value is -0.940. The van der Waals surface area contributed by atoms with E-state index in [0.29, 0.717) is 4.47 Å². The Bertz CT molecular complexity index is 593. The summed E-state index contributed by atoms with van der Waals surface area (Å²) >= 11 is 6.62.